The fourth-order valence-electron chi connectivity index (χ4n) is 3.45. The molecule has 0 bridgehead atoms. The van der Waals surface area contributed by atoms with E-state index >= 15 is 0 Å². The number of nitrogens with zero attached hydrogens (tertiary/aromatic N) is 3. The molecule has 0 radical (unpaired) electrons. The standard InChI is InChI=1S/C21H30N4O3/c1-3-24(4-2)19(26)15-23-11-13-25(14-12-23)21(28)17-7-9-18(10-8-17)22-20(27)16-5-6-16/h7-10,16H,3-6,11-15H2,1-2H3,(H,22,27). The van der Waals surface area contributed by atoms with Gasteiger partial charge in [0, 0.05) is 56.4 Å². The molecule has 28 heavy (non-hydrogen) atoms. The van der Waals surface area contributed by atoms with E-state index in [0.717, 1.165) is 31.6 Å². The van der Waals surface area contributed by atoms with Crippen molar-refractivity contribution in [3.8, 4) is 0 Å². The summed E-state index contributed by atoms with van der Waals surface area (Å²) in [6.45, 7) is 8.48. The highest BCUT2D eigenvalue weighted by atomic mass is 16.2. The van der Waals surface area contributed by atoms with Crippen LogP contribution >= 0.6 is 0 Å². The molecule has 1 N–H and O–H groups in total. The molecule has 7 nitrogen and oxygen atoms in total. The molecule has 1 aliphatic carbocycles. The Bertz CT molecular complexity index is 703. The van der Waals surface area contributed by atoms with Crippen LogP contribution in [0.4, 0.5) is 5.69 Å². The smallest absolute Gasteiger partial charge is 0.253 e. The van der Waals surface area contributed by atoms with Crippen molar-refractivity contribution in [1.29, 1.82) is 0 Å². The van der Waals surface area contributed by atoms with Gasteiger partial charge in [0.25, 0.3) is 5.91 Å². The van der Waals surface area contributed by atoms with Crippen LogP contribution in [0.15, 0.2) is 24.3 Å². The Kier molecular flexibility index (Phi) is 6.67. The van der Waals surface area contributed by atoms with E-state index in [0.29, 0.717) is 38.3 Å². The average Bonchev–Trinajstić information content (AvgIpc) is 3.55. The summed E-state index contributed by atoms with van der Waals surface area (Å²) in [5, 5.41) is 2.89. The van der Waals surface area contributed by atoms with Gasteiger partial charge in [-0.2, -0.15) is 0 Å². The summed E-state index contributed by atoms with van der Waals surface area (Å²) in [6.07, 6.45) is 1.93. The maximum atomic E-state index is 12.7. The first kappa shape index (κ1) is 20.3. The van der Waals surface area contributed by atoms with Crippen LogP contribution in [-0.2, 0) is 9.59 Å². The molecule has 2 aliphatic rings. The molecule has 1 aromatic rings. The second-order valence-electron chi connectivity index (χ2n) is 7.48. The molecule has 152 valence electrons. The third-order valence-corrected chi connectivity index (χ3v) is 5.48. The van der Waals surface area contributed by atoms with E-state index < -0.39 is 0 Å². The summed E-state index contributed by atoms with van der Waals surface area (Å²) >= 11 is 0. The molecule has 3 amide bonds. The summed E-state index contributed by atoms with van der Waals surface area (Å²) < 4.78 is 0. The first-order valence-corrected chi connectivity index (χ1v) is 10.2. The second-order valence-corrected chi connectivity index (χ2v) is 7.48. The molecular formula is C21H30N4O3. The summed E-state index contributed by atoms with van der Waals surface area (Å²) in [6, 6.07) is 7.10. The Hall–Kier alpha value is -2.41. The summed E-state index contributed by atoms with van der Waals surface area (Å²) in [7, 11) is 0. The predicted molar refractivity (Wildman–Crippen MR) is 108 cm³/mol. The lowest BCUT2D eigenvalue weighted by Crippen LogP contribution is -2.51. The van der Waals surface area contributed by atoms with Crippen LogP contribution in [0.25, 0.3) is 0 Å². The average molecular weight is 386 g/mol. The van der Waals surface area contributed by atoms with E-state index in [4.69, 9.17) is 0 Å². The molecule has 1 aromatic carbocycles. The molecule has 7 heteroatoms. The van der Waals surface area contributed by atoms with Crippen LogP contribution in [0.2, 0.25) is 0 Å². The Morgan fingerprint density at radius 3 is 2.14 bits per heavy atom. The fourth-order valence-corrected chi connectivity index (χ4v) is 3.45. The van der Waals surface area contributed by atoms with Crippen molar-refractivity contribution >= 4 is 23.4 Å². The zero-order valence-electron chi connectivity index (χ0n) is 16.8. The Labute approximate surface area is 166 Å². The number of likely N-dealkylation sites (N-methyl/N-ethyl adjacent to an activating group) is 1. The van der Waals surface area contributed by atoms with Crippen LogP contribution in [0, 0.1) is 5.92 Å². The van der Waals surface area contributed by atoms with Crippen molar-refractivity contribution < 1.29 is 14.4 Å². The van der Waals surface area contributed by atoms with Gasteiger partial charge in [0.15, 0.2) is 0 Å². The first-order valence-electron chi connectivity index (χ1n) is 10.2. The van der Waals surface area contributed by atoms with Crippen molar-refractivity contribution in [2.75, 3.05) is 51.1 Å². The number of hydrogen-bond donors (Lipinski definition) is 1. The van der Waals surface area contributed by atoms with E-state index in [9.17, 15) is 14.4 Å². The minimum Gasteiger partial charge on any atom is -0.342 e. The maximum absolute atomic E-state index is 12.7. The minimum absolute atomic E-state index is 0.00483. The Morgan fingerprint density at radius 2 is 1.61 bits per heavy atom. The Morgan fingerprint density at radius 1 is 1.00 bits per heavy atom. The largest absolute Gasteiger partial charge is 0.342 e. The van der Waals surface area contributed by atoms with Crippen molar-refractivity contribution in [2.24, 2.45) is 5.92 Å². The lowest BCUT2D eigenvalue weighted by molar-refractivity contribution is -0.132. The number of piperazine rings is 1. The quantitative estimate of drug-likeness (QED) is 0.774. The van der Waals surface area contributed by atoms with E-state index in [2.05, 4.69) is 10.2 Å². The zero-order chi connectivity index (χ0) is 20.1. The summed E-state index contributed by atoms with van der Waals surface area (Å²) in [5.41, 5.74) is 1.35. The highest BCUT2D eigenvalue weighted by molar-refractivity contribution is 5.96. The molecule has 0 atom stereocenters. The van der Waals surface area contributed by atoms with Crippen molar-refractivity contribution in [3.63, 3.8) is 0 Å². The van der Waals surface area contributed by atoms with Gasteiger partial charge in [0.05, 0.1) is 6.54 Å². The number of amides is 3. The number of carbonyl (C=O) groups is 3. The Balaban J connectivity index is 1.48. The zero-order valence-corrected chi connectivity index (χ0v) is 16.8. The molecule has 0 aromatic heterocycles. The number of carbonyl (C=O) groups excluding carboxylic acids is 3. The van der Waals surface area contributed by atoms with Crippen LogP contribution in [0.3, 0.4) is 0 Å². The molecule has 1 heterocycles. The third kappa shape index (κ3) is 5.10. The van der Waals surface area contributed by atoms with Gasteiger partial charge in [-0.1, -0.05) is 0 Å². The molecule has 1 saturated heterocycles. The number of rotatable bonds is 7. The lowest BCUT2D eigenvalue weighted by Gasteiger charge is -2.35. The first-order chi connectivity index (χ1) is 13.5. The maximum Gasteiger partial charge on any atom is 0.253 e. The van der Waals surface area contributed by atoms with Crippen molar-refractivity contribution in [3.05, 3.63) is 29.8 Å². The van der Waals surface area contributed by atoms with Gasteiger partial charge in [0.1, 0.15) is 0 Å². The van der Waals surface area contributed by atoms with E-state index in [1.807, 2.05) is 23.6 Å². The number of anilines is 1. The van der Waals surface area contributed by atoms with Crippen LogP contribution in [0.5, 0.6) is 0 Å². The normalized spacial score (nSPS) is 17.3. The van der Waals surface area contributed by atoms with Crippen LogP contribution in [-0.4, -0.2) is 78.2 Å². The van der Waals surface area contributed by atoms with E-state index in [1.54, 1.807) is 24.3 Å². The van der Waals surface area contributed by atoms with Gasteiger partial charge >= 0.3 is 0 Å². The highest BCUT2D eigenvalue weighted by Crippen LogP contribution is 2.30. The third-order valence-electron chi connectivity index (χ3n) is 5.48. The number of hydrogen-bond acceptors (Lipinski definition) is 4. The van der Waals surface area contributed by atoms with E-state index in [-0.39, 0.29) is 23.6 Å². The topological polar surface area (TPSA) is 73.0 Å². The van der Waals surface area contributed by atoms with Gasteiger partial charge in [0.2, 0.25) is 11.8 Å². The minimum atomic E-state index is -0.00483. The van der Waals surface area contributed by atoms with Crippen molar-refractivity contribution in [2.45, 2.75) is 26.7 Å². The van der Waals surface area contributed by atoms with E-state index in [1.165, 1.54) is 0 Å². The van der Waals surface area contributed by atoms with Gasteiger partial charge in [-0.3, -0.25) is 19.3 Å². The van der Waals surface area contributed by atoms with Gasteiger partial charge in [-0.15, -0.1) is 0 Å². The highest BCUT2D eigenvalue weighted by Gasteiger charge is 2.29. The van der Waals surface area contributed by atoms with Crippen LogP contribution in [0.1, 0.15) is 37.0 Å². The van der Waals surface area contributed by atoms with Crippen LogP contribution < -0.4 is 5.32 Å². The molecule has 2 fully saturated rings. The van der Waals surface area contributed by atoms with Crippen molar-refractivity contribution in [1.82, 2.24) is 14.7 Å². The molecule has 0 unspecified atom stereocenters. The molecule has 3 rings (SSSR count). The molecule has 0 spiro atoms. The fraction of sp³-hybridized carbons (Fsp3) is 0.571. The predicted octanol–water partition coefficient (Wildman–Crippen LogP) is 1.66. The summed E-state index contributed by atoms with van der Waals surface area (Å²) in [5.74, 6) is 0.365. The van der Waals surface area contributed by atoms with Gasteiger partial charge in [-0.05, 0) is 51.0 Å². The van der Waals surface area contributed by atoms with Gasteiger partial charge < -0.3 is 15.1 Å². The number of benzene rings is 1. The second kappa shape index (κ2) is 9.19. The molecular weight excluding hydrogens is 356 g/mol. The van der Waals surface area contributed by atoms with Gasteiger partial charge in [-0.25, -0.2) is 0 Å². The molecule has 1 saturated carbocycles. The SMILES string of the molecule is CCN(CC)C(=O)CN1CCN(C(=O)c2ccc(NC(=O)C3CC3)cc2)CC1. The number of nitrogens with one attached hydrogen (secondary N) is 1. The monoisotopic (exact) mass is 386 g/mol. The molecule has 1 aliphatic heterocycles. The lowest BCUT2D eigenvalue weighted by atomic mass is 10.1. The summed E-state index contributed by atoms with van der Waals surface area (Å²) in [4.78, 5) is 42.6.